The lowest BCUT2D eigenvalue weighted by Gasteiger charge is -2.19. The van der Waals surface area contributed by atoms with Crippen LogP contribution in [0, 0.1) is 0 Å². The molecule has 0 saturated carbocycles. The van der Waals surface area contributed by atoms with Gasteiger partial charge in [0.15, 0.2) is 0 Å². The number of pyridine rings is 1. The lowest BCUT2D eigenvalue weighted by molar-refractivity contribution is 0.219. The van der Waals surface area contributed by atoms with Crippen molar-refractivity contribution in [3.63, 3.8) is 0 Å². The number of fused-ring (bicyclic) bond motifs is 2. The van der Waals surface area contributed by atoms with Gasteiger partial charge in [0.2, 0.25) is 0 Å². The summed E-state index contributed by atoms with van der Waals surface area (Å²) in [5, 5.41) is 0.614. The van der Waals surface area contributed by atoms with Crippen LogP contribution in [0.2, 0.25) is 5.02 Å². The molecule has 0 unspecified atom stereocenters. The largest absolute Gasteiger partial charge is 0.490 e. The van der Waals surface area contributed by atoms with Crippen LogP contribution < -0.4 is 9.47 Å². The monoisotopic (exact) mass is 421 g/mol. The number of aromatic nitrogens is 4. The van der Waals surface area contributed by atoms with Gasteiger partial charge in [-0.1, -0.05) is 11.6 Å². The van der Waals surface area contributed by atoms with Crippen molar-refractivity contribution >= 4 is 22.6 Å². The van der Waals surface area contributed by atoms with E-state index in [9.17, 15) is 0 Å². The van der Waals surface area contributed by atoms with Crippen molar-refractivity contribution in [2.75, 3.05) is 20.3 Å². The molecule has 1 aliphatic rings. The molecule has 4 heterocycles. The molecule has 5 rings (SSSR count). The molecule has 3 aromatic heterocycles. The van der Waals surface area contributed by atoms with Crippen LogP contribution in [0.25, 0.3) is 16.7 Å². The first-order valence-corrected chi connectivity index (χ1v) is 10.0. The predicted molar refractivity (Wildman–Crippen MR) is 114 cm³/mol. The summed E-state index contributed by atoms with van der Waals surface area (Å²) in [6, 6.07) is 10.4. The van der Waals surface area contributed by atoms with E-state index in [0.29, 0.717) is 30.7 Å². The van der Waals surface area contributed by atoms with Crippen molar-refractivity contribution < 1.29 is 9.47 Å². The Kier molecular flexibility index (Phi) is 4.98. The maximum absolute atomic E-state index is 6.62. The second kappa shape index (κ2) is 7.93. The Morgan fingerprint density at radius 1 is 1.17 bits per heavy atom. The Morgan fingerprint density at radius 2 is 2.03 bits per heavy atom. The molecule has 0 aliphatic carbocycles. The van der Waals surface area contributed by atoms with E-state index in [1.807, 2.05) is 30.5 Å². The third-order valence-corrected chi connectivity index (χ3v) is 5.44. The number of halogens is 1. The van der Waals surface area contributed by atoms with Gasteiger partial charge in [-0.3, -0.25) is 9.88 Å². The smallest absolute Gasteiger partial charge is 0.316 e. The molecule has 0 N–H and O–H groups in total. The van der Waals surface area contributed by atoms with Crippen molar-refractivity contribution in [3.8, 4) is 17.4 Å². The Morgan fingerprint density at radius 3 is 2.87 bits per heavy atom. The Hall–Kier alpha value is -3.16. The second-order valence-electron chi connectivity index (χ2n) is 7.15. The molecule has 1 aromatic carbocycles. The SMILES string of the molecule is COc1ncc(CN2CCOc3c(Cl)cc(-n4ccc5ncccc54)cc3C2)cn1. The van der Waals surface area contributed by atoms with Gasteiger partial charge in [-0.2, -0.15) is 0 Å². The summed E-state index contributed by atoms with van der Waals surface area (Å²) in [6.45, 7) is 2.78. The lowest BCUT2D eigenvalue weighted by Crippen LogP contribution is -2.25. The van der Waals surface area contributed by atoms with Gasteiger partial charge in [0, 0.05) is 61.2 Å². The van der Waals surface area contributed by atoms with E-state index in [1.165, 1.54) is 0 Å². The highest BCUT2D eigenvalue weighted by Crippen LogP contribution is 2.35. The van der Waals surface area contributed by atoms with Crippen molar-refractivity contribution in [2.24, 2.45) is 0 Å². The third kappa shape index (κ3) is 3.58. The third-order valence-electron chi connectivity index (χ3n) is 5.16. The van der Waals surface area contributed by atoms with Crippen LogP contribution in [-0.4, -0.2) is 44.7 Å². The van der Waals surface area contributed by atoms with Gasteiger partial charge in [0.05, 0.1) is 23.2 Å². The maximum Gasteiger partial charge on any atom is 0.316 e. The summed E-state index contributed by atoms with van der Waals surface area (Å²) >= 11 is 6.62. The quantitative estimate of drug-likeness (QED) is 0.498. The normalized spacial score (nSPS) is 14.2. The van der Waals surface area contributed by atoms with Crippen LogP contribution >= 0.6 is 11.6 Å². The summed E-state index contributed by atoms with van der Waals surface area (Å²) in [5.41, 5.74) is 5.04. The van der Waals surface area contributed by atoms with Crippen LogP contribution in [0.15, 0.2) is 55.1 Å². The molecular weight excluding hydrogens is 402 g/mol. The molecule has 0 amide bonds. The highest BCUT2D eigenvalue weighted by atomic mass is 35.5. The summed E-state index contributed by atoms with van der Waals surface area (Å²) < 4.78 is 13.1. The molecule has 0 spiro atoms. The summed E-state index contributed by atoms with van der Waals surface area (Å²) in [7, 11) is 1.56. The van der Waals surface area contributed by atoms with E-state index in [4.69, 9.17) is 21.1 Å². The van der Waals surface area contributed by atoms with E-state index in [1.54, 1.807) is 25.7 Å². The molecule has 0 saturated heterocycles. The average molecular weight is 422 g/mol. The van der Waals surface area contributed by atoms with Crippen LogP contribution in [0.4, 0.5) is 0 Å². The Bertz CT molecular complexity index is 1190. The van der Waals surface area contributed by atoms with Gasteiger partial charge in [-0.25, -0.2) is 9.97 Å². The molecule has 0 fully saturated rings. The molecule has 30 heavy (non-hydrogen) atoms. The molecule has 152 valence electrons. The Labute approximate surface area is 178 Å². The van der Waals surface area contributed by atoms with Gasteiger partial charge >= 0.3 is 6.01 Å². The van der Waals surface area contributed by atoms with E-state index < -0.39 is 0 Å². The fourth-order valence-corrected chi connectivity index (χ4v) is 4.05. The van der Waals surface area contributed by atoms with Gasteiger partial charge < -0.3 is 14.0 Å². The number of hydrogen-bond acceptors (Lipinski definition) is 6. The molecular formula is C22H20ClN5O2. The first-order chi connectivity index (χ1) is 14.7. The number of hydrogen-bond donors (Lipinski definition) is 0. The fraction of sp³-hybridized carbons (Fsp3) is 0.227. The van der Waals surface area contributed by atoms with E-state index in [-0.39, 0.29) is 0 Å². The van der Waals surface area contributed by atoms with E-state index in [0.717, 1.165) is 40.1 Å². The number of methoxy groups -OCH3 is 1. The maximum atomic E-state index is 6.62. The number of ether oxygens (including phenoxy) is 2. The van der Waals surface area contributed by atoms with Crippen LogP contribution in [-0.2, 0) is 13.1 Å². The second-order valence-corrected chi connectivity index (χ2v) is 7.55. The van der Waals surface area contributed by atoms with Crippen molar-refractivity contribution in [3.05, 3.63) is 71.3 Å². The molecule has 4 aromatic rings. The topological polar surface area (TPSA) is 65.3 Å². The van der Waals surface area contributed by atoms with E-state index >= 15 is 0 Å². The average Bonchev–Trinajstić information content (AvgIpc) is 3.09. The summed E-state index contributed by atoms with van der Waals surface area (Å²) in [4.78, 5) is 15.1. The first-order valence-electron chi connectivity index (χ1n) is 9.66. The molecule has 0 radical (unpaired) electrons. The van der Waals surface area contributed by atoms with Crippen LogP contribution in [0.1, 0.15) is 11.1 Å². The zero-order valence-corrected chi connectivity index (χ0v) is 17.2. The predicted octanol–water partition coefficient (Wildman–Crippen LogP) is 3.87. The van der Waals surface area contributed by atoms with Crippen molar-refractivity contribution in [1.29, 1.82) is 0 Å². The first kappa shape index (κ1) is 18.8. The zero-order chi connectivity index (χ0) is 20.5. The van der Waals surface area contributed by atoms with Gasteiger partial charge in [-0.05, 0) is 30.3 Å². The van der Waals surface area contributed by atoms with Gasteiger partial charge in [0.25, 0.3) is 0 Å². The molecule has 7 nitrogen and oxygen atoms in total. The number of benzene rings is 1. The number of nitrogens with zero attached hydrogens (tertiary/aromatic N) is 5. The van der Waals surface area contributed by atoms with Crippen molar-refractivity contribution in [2.45, 2.75) is 13.1 Å². The minimum atomic E-state index is 0.369. The number of rotatable bonds is 4. The highest BCUT2D eigenvalue weighted by Gasteiger charge is 2.20. The summed E-state index contributed by atoms with van der Waals surface area (Å²) in [6.07, 6.45) is 7.40. The summed E-state index contributed by atoms with van der Waals surface area (Å²) in [5.74, 6) is 0.753. The lowest BCUT2D eigenvalue weighted by atomic mass is 10.1. The van der Waals surface area contributed by atoms with Gasteiger partial charge in [0.1, 0.15) is 12.4 Å². The standard InChI is InChI=1S/C22H20ClN5O2/c1-29-22-25-11-15(12-26-22)13-27-7-8-30-21-16(14-27)9-17(10-18(21)23)28-6-4-19-20(28)3-2-5-24-19/h2-6,9-12H,7-8,13-14H2,1H3. The van der Waals surface area contributed by atoms with Crippen molar-refractivity contribution in [1.82, 2.24) is 24.4 Å². The molecule has 8 heteroatoms. The van der Waals surface area contributed by atoms with Gasteiger partial charge in [-0.15, -0.1) is 0 Å². The molecule has 0 bridgehead atoms. The zero-order valence-electron chi connectivity index (χ0n) is 16.5. The minimum Gasteiger partial charge on any atom is -0.490 e. The molecule has 1 aliphatic heterocycles. The van der Waals surface area contributed by atoms with Crippen LogP contribution in [0.3, 0.4) is 0 Å². The fourth-order valence-electron chi connectivity index (χ4n) is 3.76. The van der Waals surface area contributed by atoms with Crippen LogP contribution in [0.5, 0.6) is 11.8 Å². The molecule has 0 atom stereocenters. The van der Waals surface area contributed by atoms with E-state index in [2.05, 4.69) is 30.5 Å². The minimum absolute atomic E-state index is 0.369. The highest BCUT2D eigenvalue weighted by molar-refractivity contribution is 6.32. The Balaban J connectivity index is 1.46.